The summed E-state index contributed by atoms with van der Waals surface area (Å²) in [7, 11) is 1.48. The maximum atomic E-state index is 10.1. The van der Waals surface area contributed by atoms with Gasteiger partial charge in [0.05, 0.1) is 7.11 Å². The lowest BCUT2D eigenvalue weighted by atomic mass is 10.4. The zero-order valence-electron chi connectivity index (χ0n) is 5.44. The molecule has 0 N–H and O–H groups in total. The molecule has 0 spiro atoms. The average molecular weight is 138 g/mol. The molecule has 0 aliphatic heterocycles. The Morgan fingerprint density at radius 1 is 1.60 bits per heavy atom. The molecule has 0 unspecified atom stereocenters. The normalized spacial score (nSPS) is 8.90. The molecule has 0 saturated carbocycles. The molecule has 1 aromatic heterocycles. The van der Waals surface area contributed by atoms with E-state index in [1.807, 2.05) is 0 Å². The van der Waals surface area contributed by atoms with E-state index in [4.69, 9.17) is 4.74 Å². The predicted molar refractivity (Wildman–Crippen MR) is 34.0 cm³/mol. The van der Waals surface area contributed by atoms with Gasteiger partial charge in [-0.25, -0.2) is 9.97 Å². The van der Waals surface area contributed by atoms with Crippen LogP contribution in [-0.4, -0.2) is 23.4 Å². The van der Waals surface area contributed by atoms with Crippen LogP contribution in [0.4, 0.5) is 0 Å². The summed E-state index contributed by atoms with van der Waals surface area (Å²) in [4.78, 5) is 17.5. The lowest BCUT2D eigenvalue weighted by molar-refractivity contribution is 0.111. The molecule has 0 aromatic carbocycles. The van der Waals surface area contributed by atoms with E-state index in [1.54, 1.807) is 0 Å². The molecule has 0 radical (unpaired) electrons. The molecule has 0 aliphatic rings. The molecule has 0 amide bonds. The molecule has 0 fully saturated rings. The number of aldehydes is 1. The first kappa shape index (κ1) is 6.67. The number of hydrogen-bond donors (Lipinski definition) is 0. The predicted octanol–water partition coefficient (Wildman–Crippen LogP) is 0.298. The Bertz CT molecular complexity index is 237. The van der Waals surface area contributed by atoms with Gasteiger partial charge in [0.15, 0.2) is 6.29 Å². The third-order valence-electron chi connectivity index (χ3n) is 0.993. The molecule has 1 heterocycles. The van der Waals surface area contributed by atoms with Gasteiger partial charge < -0.3 is 4.74 Å². The van der Waals surface area contributed by atoms with Crippen molar-refractivity contribution in [3.63, 3.8) is 0 Å². The molecule has 1 aromatic rings. The van der Waals surface area contributed by atoms with Gasteiger partial charge in [-0.1, -0.05) is 0 Å². The van der Waals surface area contributed by atoms with Crippen LogP contribution in [0.3, 0.4) is 0 Å². The third kappa shape index (κ3) is 1.28. The van der Waals surface area contributed by atoms with Crippen molar-refractivity contribution in [1.82, 2.24) is 9.97 Å². The fraction of sp³-hybridized carbons (Fsp3) is 0.167. The van der Waals surface area contributed by atoms with Crippen LogP contribution in [0, 0.1) is 0 Å². The quantitative estimate of drug-likeness (QED) is 0.551. The number of methoxy groups -OCH3 is 1. The van der Waals surface area contributed by atoms with E-state index in [0.29, 0.717) is 17.9 Å². The van der Waals surface area contributed by atoms with Gasteiger partial charge in [0.25, 0.3) is 0 Å². The standard InChI is InChI=1S/C6H6N2O2/c1-10-6-2-5(3-9)7-4-8-6/h2-4H,1H3. The Kier molecular flexibility index (Phi) is 1.94. The van der Waals surface area contributed by atoms with Crippen LogP contribution in [-0.2, 0) is 0 Å². The third-order valence-corrected chi connectivity index (χ3v) is 0.993. The first-order valence-corrected chi connectivity index (χ1v) is 2.68. The zero-order valence-corrected chi connectivity index (χ0v) is 5.44. The number of carbonyl (C=O) groups is 1. The van der Waals surface area contributed by atoms with Crippen LogP contribution in [0.5, 0.6) is 5.88 Å². The highest BCUT2D eigenvalue weighted by atomic mass is 16.5. The Balaban J connectivity index is 2.98. The summed E-state index contributed by atoms with van der Waals surface area (Å²) in [6, 6.07) is 1.47. The Morgan fingerprint density at radius 2 is 2.40 bits per heavy atom. The smallest absolute Gasteiger partial charge is 0.216 e. The second kappa shape index (κ2) is 2.91. The van der Waals surface area contributed by atoms with E-state index in [-0.39, 0.29) is 0 Å². The molecular formula is C6H6N2O2. The highest BCUT2D eigenvalue weighted by molar-refractivity contribution is 5.71. The van der Waals surface area contributed by atoms with Crippen molar-refractivity contribution in [3.8, 4) is 5.88 Å². The molecular weight excluding hydrogens is 132 g/mol. The number of nitrogens with zero attached hydrogens (tertiary/aromatic N) is 2. The molecule has 0 saturated heterocycles. The molecule has 0 aliphatic carbocycles. The fourth-order valence-corrected chi connectivity index (χ4v) is 0.530. The van der Waals surface area contributed by atoms with Crippen LogP contribution in [0.2, 0.25) is 0 Å². The zero-order chi connectivity index (χ0) is 7.40. The lowest BCUT2D eigenvalue weighted by Crippen LogP contribution is -1.91. The van der Waals surface area contributed by atoms with Gasteiger partial charge in [-0.3, -0.25) is 4.79 Å². The fourth-order valence-electron chi connectivity index (χ4n) is 0.530. The summed E-state index contributed by atoms with van der Waals surface area (Å²) in [5.41, 5.74) is 0.326. The van der Waals surface area contributed by atoms with E-state index in [9.17, 15) is 4.79 Å². The molecule has 10 heavy (non-hydrogen) atoms. The number of hydrogen-bond acceptors (Lipinski definition) is 4. The summed E-state index contributed by atoms with van der Waals surface area (Å²) < 4.78 is 4.75. The Morgan fingerprint density at radius 3 is 3.00 bits per heavy atom. The Hall–Kier alpha value is -1.45. The van der Waals surface area contributed by atoms with Gasteiger partial charge in [-0.2, -0.15) is 0 Å². The summed E-state index contributed by atoms with van der Waals surface area (Å²) in [5.74, 6) is 0.400. The maximum absolute atomic E-state index is 10.1. The first-order chi connectivity index (χ1) is 4.86. The van der Waals surface area contributed by atoms with E-state index >= 15 is 0 Å². The van der Waals surface area contributed by atoms with E-state index < -0.39 is 0 Å². The minimum atomic E-state index is 0.326. The minimum absolute atomic E-state index is 0.326. The van der Waals surface area contributed by atoms with Gasteiger partial charge in [-0.15, -0.1) is 0 Å². The van der Waals surface area contributed by atoms with Crippen molar-refractivity contribution < 1.29 is 9.53 Å². The number of carbonyl (C=O) groups excluding carboxylic acids is 1. The molecule has 0 bridgehead atoms. The van der Waals surface area contributed by atoms with Gasteiger partial charge in [-0.05, 0) is 0 Å². The molecule has 0 atom stereocenters. The van der Waals surface area contributed by atoms with Crippen molar-refractivity contribution in [2.45, 2.75) is 0 Å². The van der Waals surface area contributed by atoms with Crippen LogP contribution in [0.25, 0.3) is 0 Å². The van der Waals surface area contributed by atoms with Crippen LogP contribution in [0.15, 0.2) is 12.4 Å². The van der Waals surface area contributed by atoms with Crippen molar-refractivity contribution in [2.24, 2.45) is 0 Å². The highest BCUT2D eigenvalue weighted by Crippen LogP contribution is 2.02. The van der Waals surface area contributed by atoms with Crippen LogP contribution in [0.1, 0.15) is 10.5 Å². The van der Waals surface area contributed by atoms with Crippen molar-refractivity contribution in [2.75, 3.05) is 7.11 Å². The van der Waals surface area contributed by atoms with Gasteiger partial charge in [0.2, 0.25) is 5.88 Å². The molecule has 52 valence electrons. The molecule has 4 heteroatoms. The van der Waals surface area contributed by atoms with E-state index in [1.165, 1.54) is 19.5 Å². The second-order valence-corrected chi connectivity index (χ2v) is 1.60. The lowest BCUT2D eigenvalue weighted by Gasteiger charge is -1.95. The summed E-state index contributed by atoms with van der Waals surface area (Å²) in [5, 5.41) is 0. The second-order valence-electron chi connectivity index (χ2n) is 1.60. The van der Waals surface area contributed by atoms with Crippen LogP contribution >= 0.6 is 0 Å². The minimum Gasteiger partial charge on any atom is -0.481 e. The summed E-state index contributed by atoms with van der Waals surface area (Å²) in [6.07, 6.45) is 1.92. The highest BCUT2D eigenvalue weighted by Gasteiger charge is 1.94. The van der Waals surface area contributed by atoms with Gasteiger partial charge in [0, 0.05) is 6.07 Å². The van der Waals surface area contributed by atoms with Gasteiger partial charge >= 0.3 is 0 Å². The number of ether oxygens (including phenoxy) is 1. The van der Waals surface area contributed by atoms with E-state index in [2.05, 4.69) is 9.97 Å². The Labute approximate surface area is 57.9 Å². The monoisotopic (exact) mass is 138 g/mol. The number of rotatable bonds is 2. The van der Waals surface area contributed by atoms with Crippen molar-refractivity contribution in [1.29, 1.82) is 0 Å². The van der Waals surface area contributed by atoms with Crippen molar-refractivity contribution >= 4 is 6.29 Å². The molecule has 1 rings (SSSR count). The average Bonchev–Trinajstić information content (AvgIpc) is 2.05. The van der Waals surface area contributed by atoms with E-state index in [0.717, 1.165) is 0 Å². The largest absolute Gasteiger partial charge is 0.481 e. The summed E-state index contributed by atoms with van der Waals surface area (Å²) in [6.45, 7) is 0. The maximum Gasteiger partial charge on any atom is 0.216 e. The first-order valence-electron chi connectivity index (χ1n) is 2.68. The van der Waals surface area contributed by atoms with Crippen molar-refractivity contribution in [3.05, 3.63) is 18.1 Å². The van der Waals surface area contributed by atoms with Crippen LogP contribution < -0.4 is 4.74 Å². The number of aromatic nitrogens is 2. The SMILES string of the molecule is COc1cc(C=O)ncn1. The topological polar surface area (TPSA) is 52.1 Å². The summed E-state index contributed by atoms with van der Waals surface area (Å²) >= 11 is 0. The molecule has 4 nitrogen and oxygen atoms in total. The van der Waals surface area contributed by atoms with Gasteiger partial charge in [0.1, 0.15) is 12.0 Å².